The zero-order chi connectivity index (χ0) is 17.8. The van der Waals surface area contributed by atoms with E-state index in [0.717, 1.165) is 12.8 Å². The molecule has 25 heavy (non-hydrogen) atoms. The van der Waals surface area contributed by atoms with Gasteiger partial charge in [0.05, 0.1) is 12.6 Å². The number of sulfonamides is 1. The van der Waals surface area contributed by atoms with Gasteiger partial charge in [0.1, 0.15) is 10.8 Å². The van der Waals surface area contributed by atoms with E-state index in [-0.39, 0.29) is 10.5 Å². The number of nitrogens with one attached hydrogen (secondary N) is 1. The van der Waals surface area contributed by atoms with Crippen LogP contribution in [0.15, 0.2) is 17.2 Å². The van der Waals surface area contributed by atoms with Crippen molar-refractivity contribution in [1.29, 1.82) is 0 Å². The highest BCUT2D eigenvalue weighted by molar-refractivity contribution is 7.89. The molecule has 10 heteroatoms. The number of aromatic nitrogens is 5. The number of halogens is 1. The van der Waals surface area contributed by atoms with Crippen LogP contribution < -0.4 is 0 Å². The van der Waals surface area contributed by atoms with Crippen molar-refractivity contribution in [1.82, 2.24) is 29.5 Å². The molecule has 2 aromatic heterocycles. The zero-order valence-electron chi connectivity index (χ0n) is 13.8. The third-order valence-corrected chi connectivity index (χ3v) is 6.27. The lowest BCUT2D eigenvalue weighted by atomic mass is 10.0. The molecule has 0 unspecified atom stereocenters. The third-order valence-electron chi connectivity index (χ3n) is 4.45. The number of H-pyrrole nitrogens is 1. The Morgan fingerprint density at radius 1 is 1.24 bits per heavy atom. The number of nitrogens with zero attached hydrogens (tertiary/aromatic N) is 5. The van der Waals surface area contributed by atoms with Crippen molar-refractivity contribution in [3.8, 4) is 11.4 Å². The summed E-state index contributed by atoms with van der Waals surface area (Å²) >= 11 is 0. The maximum atomic E-state index is 14.4. The van der Waals surface area contributed by atoms with Crippen molar-refractivity contribution < 1.29 is 12.8 Å². The van der Waals surface area contributed by atoms with Gasteiger partial charge in [-0.05, 0) is 42.7 Å². The summed E-state index contributed by atoms with van der Waals surface area (Å²) in [4.78, 5) is 4.04. The minimum Gasteiger partial charge on any atom is -0.342 e. The van der Waals surface area contributed by atoms with Crippen LogP contribution in [0.1, 0.15) is 18.4 Å². The molecule has 4 rings (SSSR count). The molecule has 1 fully saturated rings. The number of fused-ring (bicyclic) bond motifs is 1. The Hall–Kier alpha value is -2.33. The summed E-state index contributed by atoms with van der Waals surface area (Å²) < 4.78 is 41.4. The summed E-state index contributed by atoms with van der Waals surface area (Å²) in [6, 6.07) is 2.81. The number of hydrogen-bond acceptors (Lipinski definition) is 5. The standard InChI is InChI=1S/C15H17FN6O2S/c1-9-7-11(16)14-10(13(9)15-18-20-21(2)19-15)8-12(17-14)25(23,24)22-5-3-4-6-22/h7-8,17H,3-6H2,1-2H3. The van der Waals surface area contributed by atoms with Gasteiger partial charge in [-0.1, -0.05) is 0 Å². The monoisotopic (exact) mass is 364 g/mol. The Morgan fingerprint density at radius 2 is 1.96 bits per heavy atom. The minimum atomic E-state index is -3.67. The zero-order valence-corrected chi connectivity index (χ0v) is 14.6. The van der Waals surface area contributed by atoms with E-state index in [1.807, 2.05) is 0 Å². The van der Waals surface area contributed by atoms with Crippen molar-refractivity contribution >= 4 is 20.9 Å². The first kappa shape index (κ1) is 16.2. The summed E-state index contributed by atoms with van der Waals surface area (Å²) in [6.07, 6.45) is 1.67. The summed E-state index contributed by atoms with van der Waals surface area (Å²) in [7, 11) is -2.04. The van der Waals surface area contributed by atoms with E-state index >= 15 is 0 Å². The van der Waals surface area contributed by atoms with Crippen LogP contribution in [0.3, 0.4) is 0 Å². The second kappa shape index (κ2) is 5.60. The van der Waals surface area contributed by atoms with E-state index < -0.39 is 15.8 Å². The molecule has 0 amide bonds. The van der Waals surface area contributed by atoms with Gasteiger partial charge in [0.15, 0.2) is 0 Å². The fourth-order valence-electron chi connectivity index (χ4n) is 3.25. The molecule has 0 radical (unpaired) electrons. The fraction of sp³-hybridized carbons (Fsp3) is 0.400. The largest absolute Gasteiger partial charge is 0.342 e. The van der Waals surface area contributed by atoms with Crippen molar-refractivity contribution in [2.45, 2.75) is 24.8 Å². The molecule has 1 aliphatic heterocycles. The van der Waals surface area contributed by atoms with Crippen LogP contribution in [0.4, 0.5) is 4.39 Å². The second-order valence-corrected chi connectivity index (χ2v) is 8.09. The van der Waals surface area contributed by atoms with Crippen molar-refractivity contribution in [3.63, 3.8) is 0 Å². The summed E-state index contributed by atoms with van der Waals surface area (Å²) in [5, 5.41) is 12.4. The highest BCUT2D eigenvalue weighted by atomic mass is 32.2. The highest BCUT2D eigenvalue weighted by Crippen LogP contribution is 2.34. The second-order valence-electron chi connectivity index (χ2n) is 6.19. The van der Waals surface area contributed by atoms with Crippen LogP contribution in [0, 0.1) is 12.7 Å². The molecule has 0 spiro atoms. The number of benzene rings is 1. The number of aryl methyl sites for hydroxylation is 2. The van der Waals surface area contributed by atoms with Gasteiger partial charge in [0.2, 0.25) is 5.82 Å². The number of tetrazole rings is 1. The lowest BCUT2D eigenvalue weighted by Crippen LogP contribution is -2.28. The van der Waals surface area contributed by atoms with Crippen LogP contribution in [-0.4, -0.2) is 51.0 Å². The Morgan fingerprint density at radius 3 is 2.60 bits per heavy atom. The Balaban J connectivity index is 1.95. The van der Waals surface area contributed by atoms with Gasteiger partial charge in [-0.25, -0.2) is 12.8 Å². The number of aromatic amines is 1. The molecule has 3 aromatic rings. The van der Waals surface area contributed by atoms with Crippen molar-refractivity contribution in [2.75, 3.05) is 13.1 Å². The van der Waals surface area contributed by atoms with Crippen molar-refractivity contribution in [2.24, 2.45) is 7.05 Å². The van der Waals surface area contributed by atoms with E-state index in [1.54, 1.807) is 14.0 Å². The average Bonchev–Trinajstić information content (AvgIpc) is 3.26. The lowest BCUT2D eigenvalue weighted by molar-refractivity contribution is 0.475. The molecule has 3 heterocycles. The lowest BCUT2D eigenvalue weighted by Gasteiger charge is -2.13. The highest BCUT2D eigenvalue weighted by Gasteiger charge is 2.30. The van der Waals surface area contributed by atoms with E-state index in [1.165, 1.54) is 21.2 Å². The van der Waals surface area contributed by atoms with Crippen LogP contribution in [-0.2, 0) is 17.1 Å². The predicted molar refractivity (Wildman–Crippen MR) is 88.8 cm³/mol. The van der Waals surface area contributed by atoms with E-state index in [0.29, 0.717) is 35.4 Å². The van der Waals surface area contributed by atoms with Crippen LogP contribution >= 0.6 is 0 Å². The molecule has 132 valence electrons. The molecule has 8 nitrogen and oxygen atoms in total. The first-order valence-corrected chi connectivity index (χ1v) is 9.38. The molecule has 1 aliphatic rings. The SMILES string of the molecule is Cc1cc(F)c2[nH]c(S(=O)(=O)N3CCCC3)cc2c1-c1nnn(C)n1. The van der Waals surface area contributed by atoms with Gasteiger partial charge in [-0.3, -0.25) is 0 Å². The Bertz CT molecular complexity index is 1070. The van der Waals surface area contributed by atoms with Gasteiger partial charge in [-0.2, -0.15) is 9.10 Å². The molecule has 0 saturated carbocycles. The summed E-state index contributed by atoms with van der Waals surface area (Å²) in [6.45, 7) is 2.70. The molecule has 1 saturated heterocycles. The first-order valence-electron chi connectivity index (χ1n) is 7.94. The average molecular weight is 364 g/mol. The molecule has 1 N–H and O–H groups in total. The van der Waals surface area contributed by atoms with E-state index in [2.05, 4.69) is 20.4 Å². The quantitative estimate of drug-likeness (QED) is 0.761. The van der Waals surface area contributed by atoms with Crippen LogP contribution in [0.2, 0.25) is 0 Å². The molecule has 0 atom stereocenters. The molecular weight excluding hydrogens is 347 g/mol. The molecular formula is C15H17FN6O2S. The fourth-order valence-corrected chi connectivity index (χ4v) is 4.76. The topological polar surface area (TPSA) is 96.8 Å². The van der Waals surface area contributed by atoms with E-state index in [4.69, 9.17) is 0 Å². The van der Waals surface area contributed by atoms with Gasteiger partial charge in [0.25, 0.3) is 10.0 Å². The smallest absolute Gasteiger partial charge is 0.258 e. The normalized spacial score (nSPS) is 16.1. The Kier molecular flexibility index (Phi) is 3.62. The van der Waals surface area contributed by atoms with Gasteiger partial charge >= 0.3 is 0 Å². The molecule has 1 aromatic carbocycles. The third kappa shape index (κ3) is 2.52. The Labute approximate surface area is 143 Å². The van der Waals surface area contributed by atoms with Gasteiger partial charge in [0, 0.05) is 24.0 Å². The molecule has 0 aliphatic carbocycles. The predicted octanol–water partition coefficient (Wildman–Crippen LogP) is 1.59. The van der Waals surface area contributed by atoms with Crippen molar-refractivity contribution in [3.05, 3.63) is 23.5 Å². The molecule has 0 bridgehead atoms. The van der Waals surface area contributed by atoms with Gasteiger partial charge < -0.3 is 4.98 Å². The number of rotatable bonds is 3. The summed E-state index contributed by atoms with van der Waals surface area (Å²) in [5.41, 5.74) is 1.32. The summed E-state index contributed by atoms with van der Waals surface area (Å²) in [5.74, 6) is -0.183. The maximum Gasteiger partial charge on any atom is 0.258 e. The first-order chi connectivity index (χ1) is 11.9. The maximum absolute atomic E-state index is 14.4. The van der Waals surface area contributed by atoms with Crippen LogP contribution in [0.5, 0.6) is 0 Å². The van der Waals surface area contributed by atoms with Crippen LogP contribution in [0.25, 0.3) is 22.3 Å². The van der Waals surface area contributed by atoms with E-state index in [9.17, 15) is 12.8 Å². The van der Waals surface area contributed by atoms with Gasteiger partial charge in [-0.15, -0.1) is 10.2 Å². The number of hydrogen-bond donors (Lipinski definition) is 1. The minimum absolute atomic E-state index is 0.0148.